The van der Waals surface area contributed by atoms with Crippen molar-refractivity contribution in [3.05, 3.63) is 0 Å². The van der Waals surface area contributed by atoms with E-state index in [0.29, 0.717) is 11.7 Å². The summed E-state index contributed by atoms with van der Waals surface area (Å²) in [5, 5.41) is 10.5. The van der Waals surface area contributed by atoms with Crippen LogP contribution in [0.15, 0.2) is 0 Å². The zero-order valence-electron chi connectivity index (χ0n) is 16.6. The number of hydrogen-bond acceptors (Lipinski definition) is 2. The van der Waals surface area contributed by atoms with Gasteiger partial charge in [0.15, 0.2) is 0 Å². The molecule has 0 saturated heterocycles. The predicted octanol–water partition coefficient (Wildman–Crippen LogP) is 5.38. The molecule has 0 bridgehead atoms. The van der Waals surface area contributed by atoms with Gasteiger partial charge in [-0.1, -0.05) is 19.8 Å². The van der Waals surface area contributed by atoms with E-state index in [9.17, 15) is 9.90 Å². The third-order valence-electron chi connectivity index (χ3n) is 9.22. The molecule has 2 heteroatoms. The molecule has 0 aromatic rings. The van der Waals surface area contributed by atoms with E-state index in [4.69, 9.17) is 0 Å². The first-order chi connectivity index (χ1) is 11.8. The molecule has 4 saturated carbocycles. The van der Waals surface area contributed by atoms with E-state index in [1.165, 1.54) is 51.4 Å². The highest BCUT2D eigenvalue weighted by Crippen LogP contribution is 2.62. The zero-order valence-corrected chi connectivity index (χ0v) is 16.6. The Kier molecular flexibility index (Phi) is 4.58. The number of aliphatic hydroxyl groups is 1. The fraction of sp³-hybridized carbons (Fsp3) is 0.957. The second-order valence-corrected chi connectivity index (χ2v) is 10.7. The van der Waals surface area contributed by atoms with E-state index in [2.05, 4.69) is 13.8 Å². The quantitative estimate of drug-likeness (QED) is 0.692. The van der Waals surface area contributed by atoms with Gasteiger partial charge in [-0.15, -0.1) is 0 Å². The van der Waals surface area contributed by atoms with E-state index >= 15 is 0 Å². The van der Waals surface area contributed by atoms with Gasteiger partial charge in [-0.25, -0.2) is 0 Å². The number of rotatable bonds is 1. The minimum absolute atomic E-state index is 0.260. The van der Waals surface area contributed by atoms with Crippen LogP contribution >= 0.6 is 0 Å². The summed E-state index contributed by atoms with van der Waals surface area (Å²) in [5.74, 6) is 4.86. The lowest BCUT2D eigenvalue weighted by Gasteiger charge is -2.58. The topological polar surface area (TPSA) is 37.3 Å². The van der Waals surface area contributed by atoms with E-state index in [1.807, 2.05) is 6.92 Å². The van der Waals surface area contributed by atoms with Gasteiger partial charge < -0.3 is 5.11 Å². The van der Waals surface area contributed by atoms with Crippen LogP contribution in [0.1, 0.15) is 91.4 Å². The first-order valence-corrected chi connectivity index (χ1v) is 11.0. The minimum atomic E-state index is -0.417. The summed E-state index contributed by atoms with van der Waals surface area (Å²) in [6.45, 7) is 6.38. The Morgan fingerprint density at radius 2 is 1.60 bits per heavy atom. The van der Waals surface area contributed by atoms with Crippen molar-refractivity contribution in [2.45, 2.75) is 97.0 Å². The summed E-state index contributed by atoms with van der Waals surface area (Å²) < 4.78 is 0. The molecule has 2 nitrogen and oxygen atoms in total. The monoisotopic (exact) mass is 346 g/mol. The molecule has 4 aliphatic carbocycles. The largest absolute Gasteiger partial charge is 0.390 e. The van der Waals surface area contributed by atoms with Crippen LogP contribution < -0.4 is 0 Å². The van der Waals surface area contributed by atoms with Crippen molar-refractivity contribution in [1.29, 1.82) is 0 Å². The summed E-state index contributed by atoms with van der Waals surface area (Å²) in [5.41, 5.74) is -0.157. The number of fused-ring (bicyclic) bond motifs is 5. The Labute approximate surface area is 154 Å². The maximum Gasteiger partial charge on any atom is 0.133 e. The van der Waals surface area contributed by atoms with Crippen LogP contribution in [0.5, 0.6) is 0 Å². The van der Waals surface area contributed by atoms with Gasteiger partial charge in [-0.3, -0.25) is 4.79 Å². The molecular formula is C23H38O2. The predicted molar refractivity (Wildman–Crippen MR) is 101 cm³/mol. The van der Waals surface area contributed by atoms with E-state index in [0.717, 1.165) is 48.9 Å². The fourth-order valence-corrected chi connectivity index (χ4v) is 8.12. The third-order valence-corrected chi connectivity index (χ3v) is 9.22. The molecule has 0 spiro atoms. The van der Waals surface area contributed by atoms with Crippen LogP contribution in [0.4, 0.5) is 0 Å². The molecule has 4 aliphatic rings. The van der Waals surface area contributed by atoms with Gasteiger partial charge in [0.25, 0.3) is 0 Å². The van der Waals surface area contributed by atoms with Crippen molar-refractivity contribution in [3.8, 4) is 0 Å². The summed E-state index contributed by atoms with van der Waals surface area (Å²) in [6.07, 6.45) is 13.6. The average Bonchev–Trinajstić information content (AvgIpc) is 2.72. The molecule has 142 valence electrons. The Morgan fingerprint density at radius 1 is 0.880 bits per heavy atom. The molecule has 0 aromatic carbocycles. The molecule has 4 rings (SSSR count). The Hall–Kier alpha value is -0.370. The maximum absolute atomic E-state index is 12.4. The van der Waals surface area contributed by atoms with Crippen molar-refractivity contribution < 1.29 is 9.90 Å². The van der Waals surface area contributed by atoms with E-state index in [1.54, 1.807) is 0 Å². The van der Waals surface area contributed by atoms with Crippen molar-refractivity contribution in [3.63, 3.8) is 0 Å². The Morgan fingerprint density at radius 3 is 2.36 bits per heavy atom. The average molecular weight is 347 g/mol. The van der Waals surface area contributed by atoms with E-state index in [-0.39, 0.29) is 5.41 Å². The minimum Gasteiger partial charge on any atom is -0.390 e. The number of carbonyl (C=O) groups is 1. The molecule has 1 N–H and O–H groups in total. The highest BCUT2D eigenvalue weighted by atomic mass is 16.3. The van der Waals surface area contributed by atoms with Crippen LogP contribution in [0.2, 0.25) is 0 Å². The lowest BCUT2D eigenvalue weighted by atomic mass is 9.46. The molecule has 0 heterocycles. The second-order valence-electron chi connectivity index (χ2n) is 10.7. The summed E-state index contributed by atoms with van der Waals surface area (Å²) in [4.78, 5) is 12.4. The highest BCUT2D eigenvalue weighted by molar-refractivity contribution is 5.79. The molecule has 0 aromatic heterocycles. The molecule has 4 fully saturated rings. The van der Waals surface area contributed by atoms with Crippen molar-refractivity contribution in [2.75, 3.05) is 0 Å². The molecular weight excluding hydrogens is 308 g/mol. The summed E-state index contributed by atoms with van der Waals surface area (Å²) in [6, 6.07) is 0. The number of hydrogen-bond donors (Lipinski definition) is 1. The van der Waals surface area contributed by atoms with Crippen molar-refractivity contribution in [1.82, 2.24) is 0 Å². The molecule has 0 aliphatic heterocycles. The van der Waals surface area contributed by atoms with Crippen LogP contribution in [-0.4, -0.2) is 16.5 Å². The smallest absolute Gasteiger partial charge is 0.133 e. The normalized spacial score (nSPS) is 53.1. The van der Waals surface area contributed by atoms with E-state index < -0.39 is 5.60 Å². The summed E-state index contributed by atoms with van der Waals surface area (Å²) in [7, 11) is 0. The number of carbonyl (C=O) groups excluding carboxylic acids is 1. The first kappa shape index (κ1) is 18.0. The van der Waals surface area contributed by atoms with Crippen molar-refractivity contribution in [2.24, 2.45) is 40.9 Å². The van der Waals surface area contributed by atoms with Gasteiger partial charge in [0.1, 0.15) is 5.78 Å². The summed E-state index contributed by atoms with van der Waals surface area (Å²) >= 11 is 0. The lowest BCUT2D eigenvalue weighted by Crippen LogP contribution is -2.52. The zero-order chi connectivity index (χ0) is 17.8. The van der Waals surface area contributed by atoms with Crippen LogP contribution in [0, 0.1) is 40.9 Å². The standard InChI is InChI=1S/C23H38O2/c1-15(24)20-6-4-5-7-21-19-9-8-16-14-22(2,25)12-10-17(16)18(19)11-13-23(20,21)3/h16-21,25H,4-14H2,1-3H3/t16-,17?,18-,19-,20+,21+,22-,23-/m1/s1. The molecule has 1 unspecified atom stereocenters. The van der Waals surface area contributed by atoms with Gasteiger partial charge in [0.05, 0.1) is 5.60 Å². The second kappa shape index (κ2) is 6.36. The van der Waals surface area contributed by atoms with Crippen LogP contribution in [-0.2, 0) is 4.79 Å². The Balaban J connectivity index is 1.59. The van der Waals surface area contributed by atoms with Gasteiger partial charge in [-0.2, -0.15) is 0 Å². The van der Waals surface area contributed by atoms with Gasteiger partial charge >= 0.3 is 0 Å². The number of Topliss-reactive ketones (excluding diaryl/α,β-unsaturated/α-hetero) is 1. The molecule has 0 radical (unpaired) electrons. The molecule has 0 amide bonds. The van der Waals surface area contributed by atoms with Crippen LogP contribution in [0.25, 0.3) is 0 Å². The number of ketones is 1. The SMILES string of the molecule is CC(=O)[C@@H]1CCCC[C@H]2[C@@H]3CC[C@@H]4C[C@](C)(O)CCC4[C@H]3CC[C@]12C. The molecule has 25 heavy (non-hydrogen) atoms. The maximum atomic E-state index is 12.4. The van der Waals surface area contributed by atoms with Gasteiger partial charge in [-0.05, 0) is 107 Å². The first-order valence-electron chi connectivity index (χ1n) is 11.0. The third kappa shape index (κ3) is 3.01. The highest BCUT2D eigenvalue weighted by Gasteiger charge is 2.56. The van der Waals surface area contributed by atoms with Crippen LogP contribution in [0.3, 0.4) is 0 Å². The lowest BCUT2D eigenvalue weighted by molar-refractivity contribution is -0.138. The fourth-order valence-electron chi connectivity index (χ4n) is 8.12. The van der Waals surface area contributed by atoms with Gasteiger partial charge in [0, 0.05) is 5.92 Å². The van der Waals surface area contributed by atoms with Gasteiger partial charge in [0.2, 0.25) is 0 Å². The molecule has 8 atom stereocenters. The van der Waals surface area contributed by atoms with Crippen molar-refractivity contribution >= 4 is 5.78 Å². The Bertz CT molecular complexity index is 524.